The molecule has 0 aliphatic rings. The van der Waals surface area contributed by atoms with Crippen LogP contribution in [0.5, 0.6) is 11.5 Å². The van der Waals surface area contributed by atoms with Crippen molar-refractivity contribution in [1.82, 2.24) is 4.98 Å². The lowest BCUT2D eigenvalue weighted by Gasteiger charge is -2.33. The van der Waals surface area contributed by atoms with Gasteiger partial charge in [0.2, 0.25) is 0 Å². The SMILES string of the molecule is CCCOc1ccc(CC(c2cccc(CC(=O)OC)c2)(c2ccc[nH]2)S(C)(=O)=O)cc1OS(C)(=O)=O. The van der Waals surface area contributed by atoms with Crippen LogP contribution in [0.4, 0.5) is 0 Å². The highest BCUT2D eigenvalue weighted by atomic mass is 32.2. The number of aromatic amines is 1. The van der Waals surface area contributed by atoms with Gasteiger partial charge in [-0.15, -0.1) is 0 Å². The molecule has 3 aromatic rings. The smallest absolute Gasteiger partial charge is 0.309 e. The predicted octanol–water partition coefficient (Wildman–Crippen LogP) is 3.39. The van der Waals surface area contributed by atoms with Crippen LogP contribution in [0.1, 0.15) is 35.7 Å². The van der Waals surface area contributed by atoms with E-state index in [9.17, 15) is 21.6 Å². The summed E-state index contributed by atoms with van der Waals surface area (Å²) in [6, 6.07) is 14.9. The van der Waals surface area contributed by atoms with E-state index in [1.165, 1.54) is 13.2 Å². The van der Waals surface area contributed by atoms with Crippen LogP contribution in [0.2, 0.25) is 0 Å². The first-order chi connectivity index (χ1) is 17.4. The Balaban J connectivity index is 2.21. The first-order valence-corrected chi connectivity index (χ1v) is 15.3. The second-order valence-electron chi connectivity index (χ2n) is 8.73. The molecule has 0 radical (unpaired) electrons. The van der Waals surface area contributed by atoms with Gasteiger partial charge in [0.15, 0.2) is 21.3 Å². The van der Waals surface area contributed by atoms with Crippen LogP contribution in [0.15, 0.2) is 60.8 Å². The molecule has 11 heteroatoms. The quantitative estimate of drug-likeness (QED) is 0.269. The molecule has 1 heterocycles. The lowest BCUT2D eigenvalue weighted by molar-refractivity contribution is -0.139. The number of rotatable bonds is 12. The number of sulfone groups is 1. The topological polar surface area (TPSA) is 129 Å². The van der Waals surface area contributed by atoms with E-state index in [-0.39, 0.29) is 24.3 Å². The first-order valence-electron chi connectivity index (χ1n) is 11.5. The van der Waals surface area contributed by atoms with Crippen LogP contribution in [0.3, 0.4) is 0 Å². The van der Waals surface area contributed by atoms with E-state index < -0.39 is 30.7 Å². The van der Waals surface area contributed by atoms with E-state index in [0.717, 1.165) is 12.5 Å². The lowest BCUT2D eigenvalue weighted by atomic mass is 9.87. The molecular weight excluding hydrogens is 518 g/mol. The molecule has 2 aromatic carbocycles. The van der Waals surface area contributed by atoms with E-state index in [4.69, 9.17) is 13.7 Å². The number of esters is 1. The maximum atomic E-state index is 13.6. The summed E-state index contributed by atoms with van der Waals surface area (Å²) in [6.07, 6.45) is 4.33. The van der Waals surface area contributed by atoms with Gasteiger partial charge in [-0.2, -0.15) is 8.42 Å². The Labute approximate surface area is 217 Å². The van der Waals surface area contributed by atoms with Crippen molar-refractivity contribution in [1.29, 1.82) is 0 Å². The molecule has 0 aliphatic heterocycles. The van der Waals surface area contributed by atoms with Crippen LogP contribution in [-0.4, -0.2) is 54.0 Å². The van der Waals surface area contributed by atoms with Gasteiger partial charge in [-0.25, -0.2) is 8.42 Å². The number of hydrogen-bond donors (Lipinski definition) is 1. The molecule has 1 atom stereocenters. The third-order valence-corrected chi connectivity index (χ3v) is 8.15. The highest BCUT2D eigenvalue weighted by Gasteiger charge is 2.45. The summed E-state index contributed by atoms with van der Waals surface area (Å²) in [4.78, 5) is 14.9. The van der Waals surface area contributed by atoms with Crippen molar-refractivity contribution in [2.75, 3.05) is 26.2 Å². The van der Waals surface area contributed by atoms with E-state index in [0.29, 0.717) is 35.4 Å². The zero-order valence-electron chi connectivity index (χ0n) is 21.2. The van der Waals surface area contributed by atoms with Crippen molar-refractivity contribution in [2.24, 2.45) is 0 Å². The Hall–Kier alpha value is -3.31. The van der Waals surface area contributed by atoms with E-state index in [1.807, 2.05) is 6.92 Å². The zero-order chi connectivity index (χ0) is 27.3. The third kappa shape index (κ3) is 6.72. The molecule has 1 N–H and O–H groups in total. The molecule has 9 nitrogen and oxygen atoms in total. The fourth-order valence-electron chi connectivity index (χ4n) is 4.16. The number of hydrogen-bond acceptors (Lipinski definition) is 8. The van der Waals surface area contributed by atoms with Crippen LogP contribution in [0.25, 0.3) is 0 Å². The maximum absolute atomic E-state index is 13.6. The summed E-state index contributed by atoms with van der Waals surface area (Å²) < 4.78 is 65.1. The van der Waals surface area contributed by atoms with Crippen LogP contribution in [0, 0.1) is 0 Å². The highest BCUT2D eigenvalue weighted by Crippen LogP contribution is 2.42. The second-order valence-corrected chi connectivity index (χ2v) is 12.5. The fourth-order valence-corrected chi connectivity index (χ4v) is 6.13. The lowest BCUT2D eigenvalue weighted by Crippen LogP contribution is -2.39. The van der Waals surface area contributed by atoms with Crippen LogP contribution in [-0.2, 0) is 47.1 Å². The molecule has 3 rings (SSSR count). The van der Waals surface area contributed by atoms with E-state index >= 15 is 0 Å². The Bertz CT molecular complexity index is 1450. The number of nitrogens with one attached hydrogen (secondary N) is 1. The van der Waals surface area contributed by atoms with Gasteiger partial charge in [0, 0.05) is 24.6 Å². The number of methoxy groups -OCH3 is 1. The Morgan fingerprint density at radius 1 is 0.946 bits per heavy atom. The average molecular weight is 550 g/mol. The van der Waals surface area contributed by atoms with Gasteiger partial charge in [-0.3, -0.25) is 4.79 Å². The number of benzene rings is 2. The molecule has 1 aromatic heterocycles. The first kappa shape index (κ1) is 28.3. The molecule has 0 spiro atoms. The number of ether oxygens (including phenoxy) is 2. The Morgan fingerprint density at radius 2 is 1.70 bits per heavy atom. The summed E-state index contributed by atoms with van der Waals surface area (Å²) in [6.45, 7) is 2.26. The summed E-state index contributed by atoms with van der Waals surface area (Å²) >= 11 is 0. The standard InChI is InChI=1S/C26H31NO8S2/c1-5-14-34-22-12-11-20(16-23(22)35-37(4,31)32)18-26(36(3,29)30,24-10-7-13-27-24)21-9-6-8-19(15-21)17-25(28)33-2/h6-13,15-16,27H,5,14,17-18H2,1-4H3. The minimum absolute atomic E-state index is 0.0231. The monoisotopic (exact) mass is 549 g/mol. The molecule has 1 unspecified atom stereocenters. The van der Waals surface area contributed by atoms with Gasteiger partial charge in [-0.1, -0.05) is 37.3 Å². The molecule has 37 heavy (non-hydrogen) atoms. The second kappa shape index (κ2) is 11.4. The van der Waals surface area contributed by atoms with E-state index in [2.05, 4.69) is 4.98 Å². The van der Waals surface area contributed by atoms with Crippen molar-refractivity contribution >= 4 is 25.9 Å². The van der Waals surface area contributed by atoms with Crippen LogP contribution < -0.4 is 8.92 Å². The normalized spacial score (nSPS) is 13.5. The molecule has 0 bridgehead atoms. The van der Waals surface area contributed by atoms with Gasteiger partial charge in [-0.05, 0) is 47.4 Å². The van der Waals surface area contributed by atoms with Crippen molar-refractivity contribution in [3.63, 3.8) is 0 Å². The molecule has 0 fully saturated rings. The average Bonchev–Trinajstić information content (AvgIpc) is 3.35. The highest BCUT2D eigenvalue weighted by molar-refractivity contribution is 7.91. The minimum atomic E-state index is -3.88. The molecule has 0 aliphatic carbocycles. The van der Waals surface area contributed by atoms with E-state index in [1.54, 1.807) is 54.7 Å². The summed E-state index contributed by atoms with van der Waals surface area (Å²) in [5.74, 6) is -0.241. The molecule has 0 saturated heterocycles. The van der Waals surface area contributed by atoms with Gasteiger partial charge in [0.1, 0.15) is 4.75 Å². The molecule has 0 amide bonds. The minimum Gasteiger partial charge on any atom is -0.490 e. The molecule has 200 valence electrons. The van der Waals surface area contributed by atoms with Gasteiger partial charge >= 0.3 is 16.1 Å². The summed E-state index contributed by atoms with van der Waals surface area (Å²) in [5.41, 5.74) is 1.95. The summed E-state index contributed by atoms with van der Waals surface area (Å²) in [7, 11) is -6.45. The number of H-pyrrole nitrogens is 1. The van der Waals surface area contributed by atoms with Gasteiger partial charge < -0.3 is 18.6 Å². The van der Waals surface area contributed by atoms with Gasteiger partial charge in [0.05, 0.1) is 26.4 Å². The maximum Gasteiger partial charge on any atom is 0.309 e. The number of carbonyl (C=O) groups is 1. The zero-order valence-corrected chi connectivity index (χ0v) is 22.8. The van der Waals surface area contributed by atoms with Crippen molar-refractivity contribution in [2.45, 2.75) is 30.9 Å². The number of aromatic nitrogens is 1. The summed E-state index contributed by atoms with van der Waals surface area (Å²) in [5, 5.41) is 0. The van der Waals surface area contributed by atoms with Crippen LogP contribution >= 0.6 is 0 Å². The Morgan fingerprint density at radius 3 is 2.30 bits per heavy atom. The molecular formula is C26H31NO8S2. The van der Waals surface area contributed by atoms with Gasteiger partial charge in [0.25, 0.3) is 0 Å². The number of carbonyl (C=O) groups excluding carboxylic acids is 1. The third-order valence-electron chi connectivity index (χ3n) is 5.80. The largest absolute Gasteiger partial charge is 0.490 e. The molecule has 0 saturated carbocycles. The van der Waals surface area contributed by atoms with Crippen molar-refractivity contribution in [3.8, 4) is 11.5 Å². The Kier molecular flexibility index (Phi) is 8.70. The van der Waals surface area contributed by atoms with Crippen molar-refractivity contribution < 1.29 is 35.3 Å². The van der Waals surface area contributed by atoms with Crippen molar-refractivity contribution in [3.05, 3.63) is 83.2 Å². The predicted molar refractivity (Wildman–Crippen MR) is 140 cm³/mol. The fraction of sp³-hybridized carbons (Fsp3) is 0.346.